The highest BCUT2D eigenvalue weighted by Crippen LogP contribution is 2.25. The van der Waals surface area contributed by atoms with E-state index >= 15 is 0 Å². The zero-order valence-corrected chi connectivity index (χ0v) is 19.2. The molecule has 2 aliphatic rings. The Labute approximate surface area is 192 Å². The van der Waals surface area contributed by atoms with Gasteiger partial charge in [0.1, 0.15) is 11.3 Å². The van der Waals surface area contributed by atoms with E-state index in [-0.39, 0.29) is 40.8 Å². The Morgan fingerprint density at radius 1 is 1.19 bits per heavy atom. The van der Waals surface area contributed by atoms with Crippen LogP contribution in [0.3, 0.4) is 0 Å². The lowest BCUT2D eigenvalue weighted by Gasteiger charge is -2.43. The van der Waals surface area contributed by atoms with Crippen molar-refractivity contribution in [3.63, 3.8) is 0 Å². The highest BCUT2D eigenvalue weighted by molar-refractivity contribution is 8.00. The summed E-state index contributed by atoms with van der Waals surface area (Å²) in [5.41, 5.74) is 3.67. The van der Waals surface area contributed by atoms with Gasteiger partial charge in [0.2, 0.25) is 11.8 Å². The molecule has 170 valence electrons. The van der Waals surface area contributed by atoms with Gasteiger partial charge in [-0.3, -0.25) is 19.8 Å². The van der Waals surface area contributed by atoms with Crippen LogP contribution in [0.5, 0.6) is 0 Å². The molecule has 2 fully saturated rings. The summed E-state index contributed by atoms with van der Waals surface area (Å²) in [6, 6.07) is 12.5. The van der Waals surface area contributed by atoms with Crippen molar-refractivity contribution in [1.82, 2.24) is 15.5 Å². The Kier molecular flexibility index (Phi) is 7.13. The molecule has 2 aromatic rings. The van der Waals surface area contributed by atoms with Crippen LogP contribution in [0.2, 0.25) is 0 Å². The summed E-state index contributed by atoms with van der Waals surface area (Å²) in [6.07, 6.45) is 0.852. The summed E-state index contributed by atoms with van der Waals surface area (Å²) in [5, 5.41) is 9.49. The first-order chi connectivity index (χ1) is 15.4. The van der Waals surface area contributed by atoms with Crippen molar-refractivity contribution in [3.05, 3.63) is 65.0 Å². The number of rotatable bonds is 6. The Hall–Kier alpha value is -2.42. The summed E-state index contributed by atoms with van der Waals surface area (Å²) in [5.74, 6) is -0.191. The maximum Gasteiger partial charge on any atom is 0.234 e. The van der Waals surface area contributed by atoms with Gasteiger partial charge in [0.05, 0.1) is 11.7 Å². The highest BCUT2D eigenvalue weighted by atomic mass is 32.2. The summed E-state index contributed by atoms with van der Waals surface area (Å²) < 4.78 is 13.1. The molecule has 4 rings (SSSR count). The number of thioether (sulfide) groups is 1. The molecule has 3 atom stereocenters. The molecule has 0 saturated carbocycles. The van der Waals surface area contributed by atoms with E-state index in [1.165, 1.54) is 23.9 Å². The summed E-state index contributed by atoms with van der Waals surface area (Å²) in [6.45, 7) is 6.17. The number of piperidine rings is 1. The first-order valence-electron chi connectivity index (χ1n) is 10.9. The van der Waals surface area contributed by atoms with Gasteiger partial charge in [-0.15, -0.1) is 11.8 Å². The maximum atomic E-state index is 13.1. The van der Waals surface area contributed by atoms with E-state index in [0.717, 1.165) is 35.3 Å². The van der Waals surface area contributed by atoms with Crippen LogP contribution in [0.25, 0.3) is 0 Å². The number of hydrogen-bond acceptors (Lipinski definition) is 5. The number of aryl methyl sites for hydroxylation is 2. The van der Waals surface area contributed by atoms with Crippen molar-refractivity contribution in [2.75, 3.05) is 24.2 Å². The second-order valence-electron chi connectivity index (χ2n) is 8.54. The van der Waals surface area contributed by atoms with E-state index in [2.05, 4.69) is 20.9 Å². The fourth-order valence-electron chi connectivity index (χ4n) is 4.38. The number of benzene rings is 2. The highest BCUT2D eigenvalue weighted by Gasteiger charge is 2.40. The van der Waals surface area contributed by atoms with E-state index in [9.17, 15) is 14.0 Å². The quantitative estimate of drug-likeness (QED) is 0.623. The lowest BCUT2D eigenvalue weighted by atomic mass is 9.89. The van der Waals surface area contributed by atoms with Gasteiger partial charge < -0.3 is 10.6 Å². The van der Waals surface area contributed by atoms with Gasteiger partial charge in [0, 0.05) is 31.4 Å². The summed E-state index contributed by atoms with van der Waals surface area (Å²) in [7, 11) is 0. The molecule has 0 spiro atoms. The maximum absolute atomic E-state index is 13.1. The third-order valence-electron chi connectivity index (χ3n) is 6.12. The number of para-hydroxylation sites is 1. The summed E-state index contributed by atoms with van der Waals surface area (Å²) >= 11 is 1.40. The number of halogens is 1. The lowest BCUT2D eigenvalue weighted by molar-refractivity contribution is -0.130. The molecule has 2 saturated heterocycles. The van der Waals surface area contributed by atoms with Crippen LogP contribution < -0.4 is 16.0 Å². The van der Waals surface area contributed by atoms with Crippen LogP contribution in [0.1, 0.15) is 23.1 Å². The Morgan fingerprint density at radius 2 is 1.91 bits per heavy atom. The molecule has 3 unspecified atom stereocenters. The van der Waals surface area contributed by atoms with Crippen molar-refractivity contribution in [2.45, 2.75) is 38.4 Å². The number of amides is 2. The van der Waals surface area contributed by atoms with E-state index in [4.69, 9.17) is 0 Å². The fraction of sp³-hybridized carbons (Fsp3) is 0.417. The van der Waals surface area contributed by atoms with Crippen molar-refractivity contribution in [3.8, 4) is 0 Å². The van der Waals surface area contributed by atoms with E-state index in [1.54, 1.807) is 12.1 Å². The molecule has 0 radical (unpaired) electrons. The molecule has 2 heterocycles. The van der Waals surface area contributed by atoms with Gasteiger partial charge in [-0.05, 0) is 49.1 Å². The first-order valence-corrected chi connectivity index (χ1v) is 11.9. The molecule has 0 aromatic heterocycles. The van der Waals surface area contributed by atoms with Gasteiger partial charge in [-0.25, -0.2) is 4.39 Å². The second-order valence-corrected chi connectivity index (χ2v) is 9.64. The predicted octanol–water partition coefficient (Wildman–Crippen LogP) is 3.01. The van der Waals surface area contributed by atoms with Crippen LogP contribution in [0, 0.1) is 25.6 Å². The third-order valence-corrected chi connectivity index (χ3v) is 7.13. The van der Waals surface area contributed by atoms with Crippen LogP contribution in [0.15, 0.2) is 42.5 Å². The van der Waals surface area contributed by atoms with Crippen molar-refractivity contribution in [2.24, 2.45) is 5.92 Å². The minimum absolute atomic E-state index is 0.0187. The number of fused-ring (bicyclic) bond motifs is 1. The van der Waals surface area contributed by atoms with Crippen LogP contribution in [-0.4, -0.2) is 47.1 Å². The molecule has 6 nitrogen and oxygen atoms in total. The summed E-state index contributed by atoms with van der Waals surface area (Å²) in [4.78, 5) is 27.5. The van der Waals surface area contributed by atoms with Crippen LogP contribution in [-0.2, 0) is 16.1 Å². The molecule has 2 aliphatic heterocycles. The van der Waals surface area contributed by atoms with Gasteiger partial charge >= 0.3 is 0 Å². The third kappa shape index (κ3) is 5.49. The molecule has 2 amide bonds. The second kappa shape index (κ2) is 10.0. The Morgan fingerprint density at radius 3 is 2.62 bits per heavy atom. The fourth-order valence-corrected chi connectivity index (χ4v) is 5.25. The first kappa shape index (κ1) is 22.8. The standard InChI is InChI=1S/C24H29FN4O2S/c1-15-4-3-5-16(2)22(15)27-21(30)14-32-24-26-20-10-11-29(13-19(20)23(31)28-24)12-17-6-8-18(25)9-7-17/h3-9,19-20,24,26H,10-14H2,1-2H3,(H,27,30)(H,28,31). The molecule has 2 aromatic carbocycles. The lowest BCUT2D eigenvalue weighted by Crippen LogP contribution is -2.64. The predicted molar refractivity (Wildman–Crippen MR) is 126 cm³/mol. The SMILES string of the molecule is Cc1cccc(C)c1NC(=O)CSC1NC(=O)C2CN(Cc3ccc(F)cc3)CCC2N1. The van der Waals surface area contributed by atoms with Gasteiger partial charge in [0.15, 0.2) is 0 Å². The number of nitrogens with one attached hydrogen (secondary N) is 3. The molecule has 0 bridgehead atoms. The number of anilines is 1. The smallest absolute Gasteiger partial charge is 0.234 e. The van der Waals surface area contributed by atoms with Crippen molar-refractivity contribution < 1.29 is 14.0 Å². The number of nitrogens with zero attached hydrogens (tertiary/aromatic N) is 1. The monoisotopic (exact) mass is 456 g/mol. The van der Waals surface area contributed by atoms with E-state index in [1.807, 2.05) is 32.0 Å². The Bertz CT molecular complexity index is 964. The Balaban J connectivity index is 1.27. The van der Waals surface area contributed by atoms with E-state index in [0.29, 0.717) is 13.1 Å². The number of hydrogen-bond donors (Lipinski definition) is 3. The zero-order valence-electron chi connectivity index (χ0n) is 18.4. The molecule has 0 aliphatic carbocycles. The van der Waals surface area contributed by atoms with Gasteiger partial charge in [-0.1, -0.05) is 30.3 Å². The normalized spacial score (nSPS) is 23.3. The largest absolute Gasteiger partial charge is 0.331 e. The van der Waals surface area contributed by atoms with Crippen LogP contribution in [0.4, 0.5) is 10.1 Å². The minimum atomic E-state index is -0.281. The molecule has 8 heteroatoms. The van der Waals surface area contributed by atoms with Gasteiger partial charge in [0.25, 0.3) is 0 Å². The minimum Gasteiger partial charge on any atom is -0.331 e. The van der Waals surface area contributed by atoms with Gasteiger partial charge in [-0.2, -0.15) is 0 Å². The number of likely N-dealkylation sites (tertiary alicyclic amines) is 1. The average Bonchev–Trinajstić information content (AvgIpc) is 2.77. The molecule has 32 heavy (non-hydrogen) atoms. The van der Waals surface area contributed by atoms with E-state index < -0.39 is 0 Å². The van der Waals surface area contributed by atoms with Crippen LogP contribution >= 0.6 is 11.8 Å². The van der Waals surface area contributed by atoms with Crippen molar-refractivity contribution >= 4 is 29.3 Å². The number of carbonyl (C=O) groups excluding carboxylic acids is 2. The topological polar surface area (TPSA) is 73.5 Å². The molecule has 3 N–H and O–H groups in total. The zero-order chi connectivity index (χ0) is 22.7. The number of carbonyl (C=O) groups is 2. The van der Waals surface area contributed by atoms with Crippen molar-refractivity contribution in [1.29, 1.82) is 0 Å². The average molecular weight is 457 g/mol. The molecular formula is C24H29FN4O2S. The molecular weight excluding hydrogens is 427 g/mol.